The van der Waals surface area contributed by atoms with E-state index < -0.39 is 23.4 Å². The second kappa shape index (κ2) is 7.94. The average molecular weight is 361 g/mol. The molecule has 1 aliphatic rings. The Balaban J connectivity index is 1.76. The molecule has 0 aromatic heterocycles. The van der Waals surface area contributed by atoms with E-state index >= 15 is 0 Å². The van der Waals surface area contributed by atoms with Gasteiger partial charge in [-0.1, -0.05) is 38.2 Å². The summed E-state index contributed by atoms with van der Waals surface area (Å²) in [5.41, 5.74) is 2.57. The Labute approximate surface area is 151 Å². The number of aryl methyl sites for hydroxylation is 1. The maximum Gasteiger partial charge on any atom is 0.255 e. The van der Waals surface area contributed by atoms with Crippen LogP contribution < -0.4 is 5.32 Å². The van der Waals surface area contributed by atoms with Crippen molar-refractivity contribution in [1.82, 2.24) is 0 Å². The summed E-state index contributed by atoms with van der Waals surface area (Å²) in [4.78, 5) is 12.4. The largest absolute Gasteiger partial charge is 0.322 e. The van der Waals surface area contributed by atoms with Gasteiger partial charge in [0.2, 0.25) is 0 Å². The lowest BCUT2D eigenvalue weighted by Crippen LogP contribution is -2.14. The minimum Gasteiger partial charge on any atom is -0.322 e. The highest BCUT2D eigenvalue weighted by atomic mass is 19.2. The summed E-state index contributed by atoms with van der Waals surface area (Å²) in [5, 5.41) is 2.43. The zero-order valence-electron chi connectivity index (χ0n) is 14.7. The first kappa shape index (κ1) is 18.5. The molecule has 1 saturated carbocycles. The number of anilines is 1. The van der Waals surface area contributed by atoms with Gasteiger partial charge in [0, 0.05) is 23.4 Å². The quantitative estimate of drug-likeness (QED) is 0.687. The molecule has 5 heteroatoms. The summed E-state index contributed by atoms with van der Waals surface area (Å²) < 4.78 is 39.6. The summed E-state index contributed by atoms with van der Waals surface area (Å²) in [7, 11) is 0. The molecule has 138 valence electrons. The molecular formula is C21H22F3NO. The second-order valence-corrected chi connectivity index (χ2v) is 7.06. The van der Waals surface area contributed by atoms with Crippen molar-refractivity contribution in [2.24, 2.45) is 5.92 Å². The molecule has 26 heavy (non-hydrogen) atoms. The minimum absolute atomic E-state index is 0.110. The normalized spacial score (nSPS) is 15.1. The number of carbonyl (C=O) groups is 1. The van der Waals surface area contributed by atoms with Gasteiger partial charge >= 0.3 is 0 Å². The van der Waals surface area contributed by atoms with Crippen LogP contribution in [0, 0.1) is 30.3 Å². The molecule has 0 spiro atoms. The van der Waals surface area contributed by atoms with Gasteiger partial charge in [0.15, 0.2) is 17.5 Å². The van der Waals surface area contributed by atoms with Crippen molar-refractivity contribution in [2.75, 3.05) is 5.32 Å². The standard InChI is InChI=1S/C21H22F3NO/c1-13-7-8-15(10-16(13)9-14-5-3-2-4-6-14)21(26)25-17-11-18(22)20(24)19(23)12-17/h7-8,10-12,14H,2-6,9H2,1H3,(H,25,26). The maximum atomic E-state index is 13.3. The molecule has 0 aliphatic heterocycles. The fourth-order valence-electron chi connectivity index (χ4n) is 3.57. The van der Waals surface area contributed by atoms with Crippen LogP contribution in [-0.2, 0) is 6.42 Å². The molecule has 3 rings (SSSR count). The molecule has 0 bridgehead atoms. The van der Waals surface area contributed by atoms with Crippen molar-refractivity contribution in [3.63, 3.8) is 0 Å². The number of halogens is 3. The van der Waals surface area contributed by atoms with E-state index in [1.807, 2.05) is 19.1 Å². The lowest BCUT2D eigenvalue weighted by atomic mass is 9.83. The van der Waals surface area contributed by atoms with Crippen LogP contribution >= 0.6 is 0 Å². The first-order chi connectivity index (χ1) is 12.4. The summed E-state index contributed by atoms with van der Waals surface area (Å²) >= 11 is 0. The molecule has 1 aliphatic carbocycles. The molecule has 1 fully saturated rings. The molecule has 1 amide bonds. The van der Waals surface area contributed by atoms with Gasteiger partial charge in [-0.15, -0.1) is 0 Å². The van der Waals surface area contributed by atoms with Gasteiger partial charge in [-0.3, -0.25) is 4.79 Å². The molecule has 1 N–H and O–H groups in total. The van der Waals surface area contributed by atoms with E-state index in [2.05, 4.69) is 5.32 Å². The van der Waals surface area contributed by atoms with Crippen molar-refractivity contribution < 1.29 is 18.0 Å². The van der Waals surface area contributed by atoms with Crippen molar-refractivity contribution in [2.45, 2.75) is 45.4 Å². The molecule has 0 unspecified atom stereocenters. The first-order valence-electron chi connectivity index (χ1n) is 8.99. The molecule has 2 aromatic rings. The Hall–Kier alpha value is -2.30. The highest BCUT2D eigenvalue weighted by Crippen LogP contribution is 2.28. The van der Waals surface area contributed by atoms with Crippen LogP contribution in [0.1, 0.15) is 53.6 Å². The molecule has 0 radical (unpaired) electrons. The first-order valence-corrected chi connectivity index (χ1v) is 8.99. The monoisotopic (exact) mass is 361 g/mol. The summed E-state index contributed by atoms with van der Waals surface area (Å²) in [6, 6.07) is 6.96. The Kier molecular flexibility index (Phi) is 5.64. The minimum atomic E-state index is -1.55. The Bertz CT molecular complexity index is 790. The van der Waals surface area contributed by atoms with Crippen LogP contribution in [0.25, 0.3) is 0 Å². The van der Waals surface area contributed by atoms with Crippen LogP contribution in [0.5, 0.6) is 0 Å². The zero-order chi connectivity index (χ0) is 18.7. The number of nitrogens with one attached hydrogen (secondary N) is 1. The van der Waals surface area contributed by atoms with Gasteiger partial charge in [-0.05, 0) is 42.5 Å². The molecule has 2 aromatic carbocycles. The number of benzene rings is 2. The molecular weight excluding hydrogens is 339 g/mol. The Morgan fingerprint density at radius 1 is 1.04 bits per heavy atom. The topological polar surface area (TPSA) is 29.1 Å². The molecule has 0 heterocycles. The van der Waals surface area contributed by atoms with Crippen molar-refractivity contribution in [3.05, 3.63) is 64.5 Å². The number of hydrogen-bond acceptors (Lipinski definition) is 1. The lowest BCUT2D eigenvalue weighted by Gasteiger charge is -2.22. The Morgan fingerprint density at radius 3 is 2.35 bits per heavy atom. The summed E-state index contributed by atoms with van der Waals surface area (Å²) in [5.74, 6) is -4.04. The van der Waals surface area contributed by atoms with Gasteiger partial charge in [-0.2, -0.15) is 0 Å². The van der Waals surface area contributed by atoms with Crippen molar-refractivity contribution in [1.29, 1.82) is 0 Å². The van der Waals surface area contributed by atoms with Crippen LogP contribution in [-0.4, -0.2) is 5.91 Å². The predicted octanol–water partition coefficient (Wildman–Crippen LogP) is 5.79. The van der Waals surface area contributed by atoms with E-state index in [9.17, 15) is 18.0 Å². The van der Waals surface area contributed by atoms with E-state index in [-0.39, 0.29) is 5.69 Å². The third-order valence-electron chi connectivity index (χ3n) is 5.09. The van der Waals surface area contributed by atoms with Crippen molar-refractivity contribution >= 4 is 11.6 Å². The van der Waals surface area contributed by atoms with Gasteiger partial charge in [0.05, 0.1) is 0 Å². The smallest absolute Gasteiger partial charge is 0.255 e. The fraction of sp³-hybridized carbons (Fsp3) is 0.381. The van der Waals surface area contributed by atoms with Crippen molar-refractivity contribution in [3.8, 4) is 0 Å². The molecule has 0 saturated heterocycles. The summed E-state index contributed by atoms with van der Waals surface area (Å²) in [6.07, 6.45) is 7.17. The number of amides is 1. The highest BCUT2D eigenvalue weighted by molar-refractivity contribution is 6.04. The van der Waals surface area contributed by atoms with Gasteiger partial charge in [0.25, 0.3) is 5.91 Å². The number of hydrogen-bond donors (Lipinski definition) is 1. The Morgan fingerprint density at radius 2 is 1.69 bits per heavy atom. The predicted molar refractivity (Wildman–Crippen MR) is 95.7 cm³/mol. The van der Waals surface area contributed by atoms with Crippen LogP contribution in [0.3, 0.4) is 0 Å². The molecule has 2 nitrogen and oxygen atoms in total. The summed E-state index contributed by atoms with van der Waals surface area (Å²) in [6.45, 7) is 2.02. The van der Waals surface area contributed by atoms with Gasteiger partial charge < -0.3 is 5.32 Å². The molecule has 0 atom stereocenters. The number of carbonyl (C=O) groups excluding carboxylic acids is 1. The fourth-order valence-corrected chi connectivity index (χ4v) is 3.57. The van der Waals surface area contributed by atoms with E-state index in [0.717, 1.165) is 29.7 Å². The highest BCUT2D eigenvalue weighted by Gasteiger charge is 2.17. The maximum absolute atomic E-state index is 13.3. The van der Waals surface area contributed by atoms with Gasteiger partial charge in [0.1, 0.15) is 0 Å². The average Bonchev–Trinajstić information content (AvgIpc) is 2.62. The second-order valence-electron chi connectivity index (χ2n) is 7.06. The van der Waals surface area contributed by atoms with Crippen LogP contribution in [0.15, 0.2) is 30.3 Å². The van der Waals surface area contributed by atoms with E-state index in [1.165, 1.54) is 32.1 Å². The van der Waals surface area contributed by atoms with E-state index in [4.69, 9.17) is 0 Å². The van der Waals surface area contributed by atoms with E-state index in [1.54, 1.807) is 6.07 Å². The third kappa shape index (κ3) is 4.26. The van der Waals surface area contributed by atoms with Crippen LogP contribution in [0.2, 0.25) is 0 Å². The third-order valence-corrected chi connectivity index (χ3v) is 5.09. The lowest BCUT2D eigenvalue weighted by molar-refractivity contribution is 0.102. The number of rotatable bonds is 4. The van der Waals surface area contributed by atoms with Gasteiger partial charge in [-0.25, -0.2) is 13.2 Å². The van der Waals surface area contributed by atoms with E-state index in [0.29, 0.717) is 11.5 Å². The SMILES string of the molecule is Cc1ccc(C(=O)Nc2cc(F)c(F)c(F)c2)cc1CC1CCCCC1. The van der Waals surface area contributed by atoms with Crippen LogP contribution in [0.4, 0.5) is 18.9 Å². The zero-order valence-corrected chi connectivity index (χ0v) is 14.7.